The lowest BCUT2D eigenvalue weighted by Crippen LogP contribution is -2.62. The molecule has 9 nitrogen and oxygen atoms in total. The van der Waals surface area contributed by atoms with Gasteiger partial charge in [0.15, 0.2) is 5.78 Å². The fourth-order valence-corrected chi connectivity index (χ4v) is 7.25. The molecule has 5 atom stereocenters. The molecule has 2 aliphatic heterocycles. The van der Waals surface area contributed by atoms with E-state index in [0.717, 1.165) is 34.7 Å². The van der Waals surface area contributed by atoms with Crippen LogP contribution in [-0.2, 0) is 29.3 Å². The Morgan fingerprint density at radius 1 is 0.979 bits per heavy atom. The SMILES string of the molecule is CCOC(=O)C(=O)[C@@H]1[C@H]2Oc3ccc(F)cc3C(=O)[C@@H]2C[C@@]2(C(=O)N(C(=O)OC(C)(C)C)c3ccc(F)cc32)[C@H]1c1ccc(C)cc1. The molecule has 0 unspecified atom stereocenters. The fourth-order valence-electron chi connectivity index (χ4n) is 7.25. The van der Waals surface area contributed by atoms with Crippen molar-refractivity contribution in [2.24, 2.45) is 11.8 Å². The van der Waals surface area contributed by atoms with Crippen molar-refractivity contribution in [3.05, 3.63) is 94.6 Å². The van der Waals surface area contributed by atoms with Crippen molar-refractivity contribution in [3.8, 4) is 5.75 Å². The number of aryl methyl sites for hydroxylation is 1. The Kier molecular flexibility index (Phi) is 7.77. The van der Waals surface area contributed by atoms with Gasteiger partial charge in [-0.25, -0.2) is 23.3 Å². The number of carbonyl (C=O) groups excluding carboxylic acids is 5. The minimum Gasteiger partial charge on any atom is -0.488 e. The predicted molar refractivity (Wildman–Crippen MR) is 164 cm³/mol. The number of ether oxygens (including phenoxy) is 3. The normalized spacial score (nSPS) is 24.6. The van der Waals surface area contributed by atoms with Gasteiger partial charge in [0.05, 0.1) is 35.1 Å². The second-order valence-electron chi connectivity index (χ2n) is 13.2. The molecule has 244 valence electrons. The van der Waals surface area contributed by atoms with Crippen molar-refractivity contribution < 1.29 is 47.0 Å². The van der Waals surface area contributed by atoms with Crippen LogP contribution in [0.5, 0.6) is 5.75 Å². The topological polar surface area (TPSA) is 116 Å². The highest BCUT2D eigenvalue weighted by molar-refractivity contribution is 6.35. The van der Waals surface area contributed by atoms with Crippen LogP contribution in [0.1, 0.15) is 67.1 Å². The number of hydrogen-bond acceptors (Lipinski definition) is 8. The first-order valence-corrected chi connectivity index (χ1v) is 15.3. The number of fused-ring (bicyclic) bond motifs is 4. The molecule has 0 aromatic heterocycles. The molecule has 1 saturated carbocycles. The first kappa shape index (κ1) is 32.0. The van der Waals surface area contributed by atoms with Gasteiger partial charge in [0.2, 0.25) is 11.7 Å². The lowest BCUT2D eigenvalue weighted by atomic mass is 9.51. The Labute approximate surface area is 269 Å². The minimum absolute atomic E-state index is 0.0116. The summed E-state index contributed by atoms with van der Waals surface area (Å²) in [6.45, 7) is 8.10. The lowest BCUT2D eigenvalue weighted by Gasteiger charge is -2.52. The Bertz CT molecular complexity index is 1830. The average Bonchev–Trinajstić information content (AvgIpc) is 3.24. The van der Waals surface area contributed by atoms with E-state index < -0.39 is 76.0 Å². The van der Waals surface area contributed by atoms with E-state index in [1.807, 2.05) is 6.92 Å². The number of imide groups is 1. The summed E-state index contributed by atoms with van der Waals surface area (Å²) in [6.07, 6.45) is -2.69. The number of halogens is 2. The number of benzene rings is 3. The van der Waals surface area contributed by atoms with Gasteiger partial charge in [0.1, 0.15) is 29.1 Å². The van der Waals surface area contributed by atoms with Gasteiger partial charge in [-0.05, 0) is 88.6 Å². The predicted octanol–water partition coefficient (Wildman–Crippen LogP) is 5.99. The molecule has 0 radical (unpaired) electrons. The summed E-state index contributed by atoms with van der Waals surface area (Å²) >= 11 is 0. The maximum Gasteiger partial charge on any atom is 0.421 e. The van der Waals surface area contributed by atoms with Crippen molar-refractivity contribution in [3.63, 3.8) is 0 Å². The number of ketones is 2. The van der Waals surface area contributed by atoms with Gasteiger partial charge in [0.25, 0.3) is 0 Å². The van der Waals surface area contributed by atoms with Gasteiger partial charge in [-0.2, -0.15) is 0 Å². The van der Waals surface area contributed by atoms with Crippen LogP contribution in [0.4, 0.5) is 19.3 Å². The van der Waals surface area contributed by atoms with E-state index in [1.54, 1.807) is 45.0 Å². The zero-order chi connectivity index (χ0) is 34.0. The summed E-state index contributed by atoms with van der Waals surface area (Å²) in [5, 5.41) is 0. The molecule has 1 spiro atoms. The molecule has 2 heterocycles. The highest BCUT2D eigenvalue weighted by atomic mass is 19.1. The Balaban J connectivity index is 1.66. The van der Waals surface area contributed by atoms with E-state index >= 15 is 9.18 Å². The zero-order valence-corrected chi connectivity index (χ0v) is 26.5. The van der Waals surface area contributed by atoms with Gasteiger partial charge in [-0.1, -0.05) is 29.8 Å². The Hall–Kier alpha value is -4.93. The maximum atomic E-state index is 15.2. The molecule has 47 heavy (non-hydrogen) atoms. The molecule has 2 amide bonds. The molecule has 11 heteroatoms. The van der Waals surface area contributed by atoms with Crippen molar-refractivity contribution in [2.75, 3.05) is 11.5 Å². The molecular weight excluding hydrogens is 612 g/mol. The number of esters is 1. The molecule has 3 aromatic rings. The first-order chi connectivity index (χ1) is 22.2. The average molecular weight is 646 g/mol. The number of anilines is 1. The summed E-state index contributed by atoms with van der Waals surface area (Å²) in [4.78, 5) is 71.3. The molecular formula is C36H33F2NO8. The summed E-state index contributed by atoms with van der Waals surface area (Å²) < 4.78 is 46.6. The van der Waals surface area contributed by atoms with Crippen LogP contribution in [0, 0.1) is 30.4 Å². The summed E-state index contributed by atoms with van der Waals surface area (Å²) in [5.74, 6) is -9.26. The third-order valence-electron chi connectivity index (χ3n) is 9.05. The molecule has 0 N–H and O–H groups in total. The van der Waals surface area contributed by atoms with Gasteiger partial charge >= 0.3 is 12.1 Å². The number of amides is 2. The van der Waals surface area contributed by atoms with E-state index in [4.69, 9.17) is 14.2 Å². The summed E-state index contributed by atoms with van der Waals surface area (Å²) in [7, 11) is 0. The van der Waals surface area contributed by atoms with Crippen molar-refractivity contribution in [1.29, 1.82) is 0 Å². The monoisotopic (exact) mass is 645 g/mol. The summed E-state index contributed by atoms with van der Waals surface area (Å²) in [6, 6.07) is 13.7. The largest absolute Gasteiger partial charge is 0.488 e. The molecule has 1 fully saturated rings. The Morgan fingerprint density at radius 2 is 1.64 bits per heavy atom. The molecule has 3 aromatic carbocycles. The van der Waals surface area contributed by atoms with Gasteiger partial charge in [-0.15, -0.1) is 0 Å². The quantitative estimate of drug-likeness (QED) is 0.251. The minimum atomic E-state index is -1.96. The number of rotatable bonds is 4. The van der Waals surface area contributed by atoms with Crippen molar-refractivity contribution in [1.82, 2.24) is 0 Å². The van der Waals surface area contributed by atoms with E-state index in [0.29, 0.717) is 5.56 Å². The van der Waals surface area contributed by atoms with E-state index in [-0.39, 0.29) is 35.6 Å². The number of hydrogen-bond donors (Lipinski definition) is 0. The summed E-state index contributed by atoms with van der Waals surface area (Å²) in [5.41, 5.74) is -1.77. The lowest BCUT2D eigenvalue weighted by molar-refractivity contribution is -0.160. The highest BCUT2D eigenvalue weighted by Crippen LogP contribution is 2.62. The number of Topliss-reactive ketones (excluding diaryl/α,β-unsaturated/α-hetero) is 2. The van der Waals surface area contributed by atoms with E-state index in [2.05, 4.69) is 0 Å². The molecule has 6 rings (SSSR count). The first-order valence-electron chi connectivity index (χ1n) is 15.3. The van der Waals surface area contributed by atoms with Crippen LogP contribution < -0.4 is 9.64 Å². The molecule has 0 bridgehead atoms. The second kappa shape index (κ2) is 11.4. The van der Waals surface area contributed by atoms with E-state index in [9.17, 15) is 23.6 Å². The third kappa shape index (κ3) is 5.17. The number of nitrogens with zero attached hydrogens (tertiary/aromatic N) is 1. The van der Waals surface area contributed by atoms with Crippen molar-refractivity contribution in [2.45, 2.75) is 64.1 Å². The molecule has 0 saturated heterocycles. The zero-order valence-electron chi connectivity index (χ0n) is 26.5. The van der Waals surface area contributed by atoms with Crippen LogP contribution >= 0.6 is 0 Å². The second-order valence-corrected chi connectivity index (χ2v) is 13.2. The van der Waals surface area contributed by atoms with Crippen LogP contribution in [0.3, 0.4) is 0 Å². The highest BCUT2D eigenvalue weighted by Gasteiger charge is 2.68. The van der Waals surface area contributed by atoms with Gasteiger partial charge in [-0.3, -0.25) is 14.4 Å². The smallest absolute Gasteiger partial charge is 0.421 e. The van der Waals surface area contributed by atoms with Gasteiger partial charge < -0.3 is 14.2 Å². The van der Waals surface area contributed by atoms with Crippen LogP contribution in [0.15, 0.2) is 60.7 Å². The molecule has 3 aliphatic rings. The van der Waals surface area contributed by atoms with Gasteiger partial charge in [0, 0.05) is 5.92 Å². The van der Waals surface area contributed by atoms with Crippen LogP contribution in [0.25, 0.3) is 0 Å². The maximum absolute atomic E-state index is 15.2. The molecule has 1 aliphatic carbocycles. The van der Waals surface area contributed by atoms with E-state index in [1.165, 1.54) is 19.1 Å². The number of carbonyl (C=O) groups is 5. The van der Waals surface area contributed by atoms with Crippen LogP contribution in [0.2, 0.25) is 0 Å². The van der Waals surface area contributed by atoms with Crippen molar-refractivity contribution >= 4 is 35.2 Å². The Morgan fingerprint density at radius 3 is 2.30 bits per heavy atom. The fraction of sp³-hybridized carbons (Fsp3) is 0.361. The van der Waals surface area contributed by atoms with Crippen LogP contribution in [-0.4, -0.2) is 47.8 Å². The standard InChI is InChI=1S/C36H33F2NO8/c1-6-45-32(42)30(41)27-28(19-9-7-18(2)8-10-19)36(17-23-29(40)22-15-20(37)12-14-26(22)46-31(23)27)24-16-21(38)11-13-25(24)39(33(36)43)34(44)47-35(3,4)5/h7-16,23,27-28,31H,6,17H2,1-5H3/t23-,27+,28-,31-,36-/m0/s1. The third-order valence-corrected chi connectivity index (χ3v) is 9.05.